The van der Waals surface area contributed by atoms with E-state index in [0.29, 0.717) is 6.54 Å². The van der Waals surface area contributed by atoms with Crippen LogP contribution >= 0.6 is 0 Å². The summed E-state index contributed by atoms with van der Waals surface area (Å²) in [5.41, 5.74) is 14.8. The molecule has 0 unspecified atom stereocenters. The van der Waals surface area contributed by atoms with Gasteiger partial charge in [-0.05, 0) is 0 Å². The van der Waals surface area contributed by atoms with Gasteiger partial charge in [0.25, 0.3) is 35.8 Å². The van der Waals surface area contributed by atoms with Crippen molar-refractivity contribution in [2.45, 2.75) is 47.7 Å². The molecule has 0 aliphatic heterocycles. The minimum absolute atomic E-state index is 0.338. The average Bonchev–Trinajstić information content (AvgIpc) is 2.34. The lowest BCUT2D eigenvalue weighted by Gasteiger charge is -1.93. The highest BCUT2D eigenvalue weighted by molar-refractivity contribution is 5.64. The van der Waals surface area contributed by atoms with Crippen LogP contribution in [0.2, 0.25) is 0 Å². The first-order valence-electron chi connectivity index (χ1n) is 7.05. The van der Waals surface area contributed by atoms with Gasteiger partial charge >= 0.3 is 0 Å². The highest BCUT2D eigenvalue weighted by Crippen LogP contribution is 1.44. The zero-order valence-electron chi connectivity index (χ0n) is 17.1. The fourth-order valence-corrected chi connectivity index (χ4v) is 0. The van der Waals surface area contributed by atoms with Crippen molar-refractivity contribution in [2.75, 3.05) is 6.54 Å². The lowest BCUT2D eigenvalue weighted by atomic mass is 10.6. The number of nitrogens with two attached hydrogens (primary N) is 3. The second-order valence-corrected chi connectivity index (χ2v) is 4.01. The lowest BCUT2D eigenvalue weighted by molar-refractivity contribution is -0.135. The summed E-state index contributed by atoms with van der Waals surface area (Å²) in [4.78, 5) is 54.0. The summed E-state index contributed by atoms with van der Waals surface area (Å²) in [5, 5.41) is 44.5. The zero-order valence-corrected chi connectivity index (χ0v) is 17.1. The van der Waals surface area contributed by atoms with Crippen LogP contribution in [0.4, 0.5) is 0 Å². The number of carboxylic acid groups (broad SMARTS) is 6. The van der Waals surface area contributed by atoms with Crippen LogP contribution in [0.5, 0.6) is 0 Å². The Balaban J connectivity index is -0.0000000390. The van der Waals surface area contributed by atoms with Crippen LogP contribution in [0.25, 0.3) is 0 Å². The quantitative estimate of drug-likeness (QED) is 0.217. The predicted octanol–water partition coefficient (Wildman–Crippen LogP) is -1.27. The maximum atomic E-state index is 9.00. The van der Waals surface area contributed by atoms with Crippen molar-refractivity contribution in [2.24, 2.45) is 17.2 Å². The van der Waals surface area contributed by atoms with Crippen molar-refractivity contribution in [1.29, 1.82) is 0 Å². The molecule has 0 heterocycles. The highest BCUT2D eigenvalue weighted by atomic mass is 16.4. The summed E-state index contributed by atoms with van der Waals surface area (Å²) >= 11 is 0. The number of carbonyl (C=O) groups is 6. The van der Waals surface area contributed by atoms with Gasteiger partial charge in [0.05, 0.1) is 6.17 Å². The minimum atomic E-state index is -0.833. The molecule has 0 fully saturated rings. The van der Waals surface area contributed by atoms with E-state index in [4.69, 9.17) is 76.6 Å². The Morgan fingerprint density at radius 1 is 0.517 bits per heavy atom. The largest absolute Gasteiger partial charge is 0.481 e. The smallest absolute Gasteiger partial charge is 0.300 e. The zero-order chi connectivity index (χ0) is 25.7. The molecular weight excluding hydrogens is 402 g/mol. The van der Waals surface area contributed by atoms with Crippen molar-refractivity contribution < 1.29 is 59.4 Å². The van der Waals surface area contributed by atoms with E-state index in [9.17, 15) is 0 Å². The monoisotopic (exact) mass is 435 g/mol. The lowest BCUT2D eigenvalue weighted by Crippen LogP contribution is -2.37. The van der Waals surface area contributed by atoms with Gasteiger partial charge in [-0.2, -0.15) is 0 Å². The van der Waals surface area contributed by atoms with Crippen LogP contribution in [0, 0.1) is 0 Å². The molecule has 0 bridgehead atoms. The Bertz CT molecular complexity index is 322. The molecule has 0 spiro atoms. The normalized spacial score (nSPS) is 6.83. The molecule has 0 saturated heterocycles. The van der Waals surface area contributed by atoms with Gasteiger partial charge in [0.1, 0.15) is 0 Å². The first kappa shape index (κ1) is 44.8. The maximum absolute atomic E-state index is 9.00. The number of hydrogen-bond donors (Lipinski definition) is 9. The Morgan fingerprint density at radius 3 is 0.552 bits per heavy atom. The van der Waals surface area contributed by atoms with Crippen molar-refractivity contribution in [1.82, 2.24) is 0 Å². The highest BCUT2D eigenvalue weighted by Gasteiger charge is 1.79. The van der Waals surface area contributed by atoms with Crippen molar-refractivity contribution in [3.8, 4) is 0 Å². The second kappa shape index (κ2) is 39.7. The average molecular weight is 435 g/mol. The SMILES string of the molecule is CC(=O)O.CC(=O)O.CC(=O)O.CC(=O)O.CC(=O)O.CC(=O)O.NCC(N)N. The first-order valence-corrected chi connectivity index (χ1v) is 7.05. The van der Waals surface area contributed by atoms with E-state index in [1.807, 2.05) is 0 Å². The van der Waals surface area contributed by atoms with Crippen molar-refractivity contribution in [3.05, 3.63) is 0 Å². The number of carboxylic acids is 6. The fourth-order valence-electron chi connectivity index (χ4n) is 0. The van der Waals surface area contributed by atoms with E-state index in [2.05, 4.69) is 0 Å². The van der Waals surface area contributed by atoms with Crippen LogP contribution in [0.15, 0.2) is 0 Å². The summed E-state index contributed by atoms with van der Waals surface area (Å²) in [6.07, 6.45) is -0.338. The summed E-state index contributed by atoms with van der Waals surface area (Å²) in [6, 6.07) is 0. The Kier molecular flexibility index (Phi) is 61.3. The van der Waals surface area contributed by atoms with Crippen LogP contribution in [0.1, 0.15) is 41.5 Å². The third kappa shape index (κ3) is 7530. The second-order valence-electron chi connectivity index (χ2n) is 4.01. The third-order valence-corrected chi connectivity index (χ3v) is 0.272. The molecule has 15 heteroatoms. The predicted molar refractivity (Wildman–Crippen MR) is 101 cm³/mol. The van der Waals surface area contributed by atoms with Gasteiger partial charge in [-0.1, -0.05) is 0 Å². The molecule has 0 aliphatic carbocycles. The Labute approximate surface area is 167 Å². The van der Waals surface area contributed by atoms with Crippen molar-refractivity contribution >= 4 is 35.8 Å². The molecule has 176 valence electrons. The molecule has 0 rings (SSSR count). The molecule has 0 aromatic rings. The molecule has 0 aromatic heterocycles. The van der Waals surface area contributed by atoms with Gasteiger partial charge in [0.15, 0.2) is 0 Å². The maximum Gasteiger partial charge on any atom is 0.300 e. The Morgan fingerprint density at radius 2 is 0.552 bits per heavy atom. The third-order valence-electron chi connectivity index (χ3n) is 0.272. The van der Waals surface area contributed by atoms with Crippen LogP contribution < -0.4 is 17.2 Å². The molecule has 0 aliphatic rings. The van der Waals surface area contributed by atoms with Gasteiger partial charge in [0.2, 0.25) is 0 Å². The standard InChI is InChI=1S/C2H9N3.6C2H4O2/c3-1-2(4)5;6*1-2(3)4/h2H,1,3-5H2;6*1H3,(H,3,4). The molecule has 0 radical (unpaired) electrons. The molecule has 0 amide bonds. The molecular formula is C14H33N3O12. The van der Waals surface area contributed by atoms with Crippen LogP contribution in [0.3, 0.4) is 0 Å². The van der Waals surface area contributed by atoms with E-state index in [-0.39, 0.29) is 6.17 Å². The molecule has 0 saturated carbocycles. The molecule has 0 aromatic carbocycles. The Hall–Kier alpha value is -3.30. The minimum Gasteiger partial charge on any atom is -0.481 e. The summed E-state index contributed by atoms with van der Waals surface area (Å²) in [6.45, 7) is 6.86. The van der Waals surface area contributed by atoms with Crippen LogP contribution in [-0.2, 0) is 28.8 Å². The fraction of sp³-hybridized carbons (Fsp3) is 0.571. The van der Waals surface area contributed by atoms with E-state index >= 15 is 0 Å². The van der Waals surface area contributed by atoms with Gasteiger partial charge in [-0.25, -0.2) is 0 Å². The molecule has 29 heavy (non-hydrogen) atoms. The number of rotatable bonds is 1. The van der Waals surface area contributed by atoms with E-state index in [1.54, 1.807) is 0 Å². The summed E-state index contributed by atoms with van der Waals surface area (Å²) in [5.74, 6) is -5.00. The van der Waals surface area contributed by atoms with Gasteiger partial charge in [-0.15, -0.1) is 0 Å². The van der Waals surface area contributed by atoms with E-state index in [1.165, 1.54) is 0 Å². The van der Waals surface area contributed by atoms with Crippen LogP contribution in [-0.4, -0.2) is 79.2 Å². The molecule has 15 nitrogen and oxygen atoms in total. The molecule has 0 atom stereocenters. The summed E-state index contributed by atoms with van der Waals surface area (Å²) in [7, 11) is 0. The van der Waals surface area contributed by atoms with E-state index < -0.39 is 35.8 Å². The van der Waals surface area contributed by atoms with Gasteiger partial charge in [-0.3, -0.25) is 28.8 Å². The summed E-state index contributed by atoms with van der Waals surface area (Å²) < 4.78 is 0. The van der Waals surface area contributed by atoms with Gasteiger partial charge < -0.3 is 47.8 Å². The van der Waals surface area contributed by atoms with Gasteiger partial charge in [0, 0.05) is 48.1 Å². The van der Waals surface area contributed by atoms with Crippen molar-refractivity contribution in [3.63, 3.8) is 0 Å². The van der Waals surface area contributed by atoms with E-state index in [0.717, 1.165) is 41.5 Å². The molecule has 12 N–H and O–H groups in total. The topological polar surface area (TPSA) is 302 Å². The first-order chi connectivity index (χ1) is 12.7. The number of aliphatic carboxylic acids is 6. The number of hydrogen-bond acceptors (Lipinski definition) is 9.